The number of hydrogen-bond acceptors (Lipinski definition) is 3. The number of nitrogens with one attached hydrogen (secondary N) is 1. The monoisotopic (exact) mass is 414 g/mol. The molecule has 146 valence electrons. The lowest BCUT2D eigenvalue weighted by atomic mass is 10.1. The van der Waals surface area contributed by atoms with E-state index in [1.165, 1.54) is 11.8 Å². The summed E-state index contributed by atoms with van der Waals surface area (Å²) in [5.74, 6) is 0.196. The Balaban J connectivity index is 1.82. The van der Waals surface area contributed by atoms with Crippen molar-refractivity contribution in [2.45, 2.75) is 25.2 Å². The third-order valence-corrected chi connectivity index (χ3v) is 5.67. The summed E-state index contributed by atoms with van der Waals surface area (Å²) >= 11 is 7.37. The fourth-order valence-electron chi connectivity index (χ4n) is 2.83. The SMILES string of the molecule is CC(C)CCNC(=O)CN1C(=O)/C(=C/c2ccc(Cl)cc2)Sc2ccccc21. The summed E-state index contributed by atoms with van der Waals surface area (Å²) in [7, 11) is 0. The molecule has 0 bridgehead atoms. The van der Waals surface area contributed by atoms with Gasteiger partial charge in [0.25, 0.3) is 5.91 Å². The average molecular weight is 415 g/mol. The Bertz CT molecular complexity index is 894. The predicted octanol–water partition coefficient (Wildman–Crippen LogP) is 4.98. The minimum absolute atomic E-state index is 0.00641. The van der Waals surface area contributed by atoms with E-state index < -0.39 is 0 Å². The lowest BCUT2D eigenvalue weighted by Gasteiger charge is -2.29. The average Bonchev–Trinajstić information content (AvgIpc) is 2.66. The first-order valence-electron chi connectivity index (χ1n) is 9.27. The second kappa shape index (κ2) is 9.30. The number of amides is 2. The highest BCUT2D eigenvalue weighted by Crippen LogP contribution is 2.41. The van der Waals surface area contributed by atoms with Gasteiger partial charge in [-0.05, 0) is 48.2 Å². The van der Waals surface area contributed by atoms with Crippen molar-refractivity contribution in [3.63, 3.8) is 0 Å². The molecule has 1 aliphatic rings. The fraction of sp³-hybridized carbons (Fsp3) is 0.273. The number of thioether (sulfide) groups is 1. The zero-order chi connectivity index (χ0) is 20.1. The van der Waals surface area contributed by atoms with Crippen LogP contribution in [0.2, 0.25) is 5.02 Å². The number of halogens is 1. The van der Waals surface area contributed by atoms with Gasteiger partial charge in [0.05, 0.1) is 10.6 Å². The maximum absolute atomic E-state index is 13.1. The van der Waals surface area contributed by atoms with Crippen LogP contribution in [0.4, 0.5) is 5.69 Å². The summed E-state index contributed by atoms with van der Waals surface area (Å²) in [4.78, 5) is 28.6. The van der Waals surface area contributed by atoms with Gasteiger partial charge in [0.15, 0.2) is 0 Å². The van der Waals surface area contributed by atoms with E-state index in [4.69, 9.17) is 11.6 Å². The first-order chi connectivity index (χ1) is 13.4. The highest BCUT2D eigenvalue weighted by atomic mass is 35.5. The minimum atomic E-state index is -0.169. The van der Waals surface area contributed by atoms with E-state index in [0.717, 1.165) is 22.6 Å². The van der Waals surface area contributed by atoms with Gasteiger partial charge in [-0.3, -0.25) is 14.5 Å². The smallest absolute Gasteiger partial charge is 0.265 e. The highest BCUT2D eigenvalue weighted by Gasteiger charge is 2.30. The zero-order valence-electron chi connectivity index (χ0n) is 15.9. The van der Waals surface area contributed by atoms with Gasteiger partial charge >= 0.3 is 0 Å². The molecular formula is C22H23ClN2O2S. The molecule has 28 heavy (non-hydrogen) atoms. The second-order valence-electron chi connectivity index (χ2n) is 7.05. The van der Waals surface area contributed by atoms with Crippen LogP contribution in [0.5, 0.6) is 0 Å². The van der Waals surface area contributed by atoms with Gasteiger partial charge in [-0.25, -0.2) is 0 Å². The maximum Gasteiger partial charge on any atom is 0.265 e. The standard InChI is InChI=1S/C22H23ClN2O2S/c1-15(2)11-12-24-21(26)14-25-18-5-3-4-6-19(18)28-20(22(25)27)13-16-7-9-17(23)10-8-16/h3-10,13,15H,11-12,14H2,1-2H3,(H,24,26)/b20-13-. The number of fused-ring (bicyclic) bond motifs is 1. The highest BCUT2D eigenvalue weighted by molar-refractivity contribution is 8.04. The Hall–Kier alpha value is -2.24. The van der Waals surface area contributed by atoms with Crippen molar-refractivity contribution in [1.29, 1.82) is 0 Å². The molecule has 3 rings (SSSR count). The fourth-order valence-corrected chi connectivity index (χ4v) is 4.01. The number of carbonyl (C=O) groups excluding carboxylic acids is 2. The Morgan fingerprint density at radius 3 is 2.61 bits per heavy atom. The Kier molecular flexibility index (Phi) is 6.81. The molecule has 4 nitrogen and oxygen atoms in total. The number of carbonyl (C=O) groups is 2. The van der Waals surface area contributed by atoms with Gasteiger partial charge in [-0.1, -0.05) is 61.5 Å². The van der Waals surface area contributed by atoms with Gasteiger partial charge in [0.2, 0.25) is 5.91 Å². The quantitative estimate of drug-likeness (QED) is 0.678. The summed E-state index contributed by atoms with van der Waals surface area (Å²) in [6, 6.07) is 15.0. The summed E-state index contributed by atoms with van der Waals surface area (Å²) in [5, 5.41) is 3.56. The van der Waals surface area contributed by atoms with E-state index in [1.54, 1.807) is 17.0 Å². The van der Waals surface area contributed by atoms with Gasteiger partial charge in [-0.15, -0.1) is 0 Å². The van der Waals surface area contributed by atoms with Crippen molar-refractivity contribution in [2.24, 2.45) is 5.92 Å². The van der Waals surface area contributed by atoms with Gasteiger partial charge in [0, 0.05) is 16.5 Å². The zero-order valence-corrected chi connectivity index (χ0v) is 17.5. The normalized spacial score (nSPS) is 15.1. The molecule has 0 radical (unpaired) electrons. The molecule has 0 aromatic heterocycles. The molecule has 0 saturated carbocycles. The Labute approximate surface area is 175 Å². The first kappa shape index (κ1) is 20.5. The summed E-state index contributed by atoms with van der Waals surface area (Å²) in [5.41, 5.74) is 1.66. The van der Waals surface area contributed by atoms with Crippen molar-refractivity contribution in [3.05, 3.63) is 64.0 Å². The van der Waals surface area contributed by atoms with Crippen molar-refractivity contribution < 1.29 is 9.59 Å². The molecular weight excluding hydrogens is 392 g/mol. The predicted molar refractivity (Wildman–Crippen MR) is 117 cm³/mol. The number of rotatable bonds is 6. The van der Waals surface area contributed by atoms with Crippen LogP contribution in [-0.2, 0) is 9.59 Å². The number of para-hydroxylation sites is 1. The van der Waals surface area contributed by atoms with Crippen LogP contribution < -0.4 is 10.2 Å². The number of nitrogens with zero attached hydrogens (tertiary/aromatic N) is 1. The molecule has 0 fully saturated rings. The van der Waals surface area contributed by atoms with Crippen molar-refractivity contribution in [3.8, 4) is 0 Å². The molecule has 0 unspecified atom stereocenters. The molecule has 0 atom stereocenters. The number of hydrogen-bond donors (Lipinski definition) is 1. The summed E-state index contributed by atoms with van der Waals surface area (Å²) < 4.78 is 0. The van der Waals surface area contributed by atoms with E-state index in [2.05, 4.69) is 19.2 Å². The number of anilines is 1. The van der Waals surface area contributed by atoms with Crippen molar-refractivity contribution >= 4 is 46.9 Å². The van der Waals surface area contributed by atoms with Crippen LogP contribution >= 0.6 is 23.4 Å². The molecule has 2 aromatic carbocycles. The largest absolute Gasteiger partial charge is 0.355 e. The molecule has 0 spiro atoms. The molecule has 1 aliphatic heterocycles. The van der Waals surface area contributed by atoms with Crippen molar-refractivity contribution in [1.82, 2.24) is 5.32 Å². The molecule has 0 aliphatic carbocycles. The van der Waals surface area contributed by atoms with Gasteiger partial charge in [0.1, 0.15) is 6.54 Å². The lowest BCUT2D eigenvalue weighted by Crippen LogP contribution is -2.43. The van der Waals surface area contributed by atoms with E-state index in [1.807, 2.05) is 42.5 Å². The van der Waals surface area contributed by atoms with Crippen LogP contribution in [0, 0.1) is 5.92 Å². The molecule has 6 heteroatoms. The minimum Gasteiger partial charge on any atom is -0.355 e. The molecule has 1 heterocycles. The first-order valence-corrected chi connectivity index (χ1v) is 10.5. The van der Waals surface area contributed by atoms with E-state index in [9.17, 15) is 9.59 Å². The third-order valence-electron chi connectivity index (χ3n) is 4.35. The Morgan fingerprint density at radius 1 is 1.18 bits per heavy atom. The van der Waals surface area contributed by atoms with Gasteiger partial charge < -0.3 is 5.32 Å². The Morgan fingerprint density at radius 2 is 1.89 bits per heavy atom. The van der Waals surface area contributed by atoms with E-state index >= 15 is 0 Å². The van der Waals surface area contributed by atoms with E-state index in [-0.39, 0.29) is 18.4 Å². The number of benzene rings is 2. The van der Waals surface area contributed by atoms with Crippen LogP contribution in [0.15, 0.2) is 58.3 Å². The van der Waals surface area contributed by atoms with Gasteiger partial charge in [-0.2, -0.15) is 0 Å². The molecule has 0 saturated heterocycles. The third kappa shape index (κ3) is 5.18. The van der Waals surface area contributed by atoms with Crippen LogP contribution in [-0.4, -0.2) is 24.9 Å². The topological polar surface area (TPSA) is 49.4 Å². The van der Waals surface area contributed by atoms with Crippen LogP contribution in [0.1, 0.15) is 25.8 Å². The van der Waals surface area contributed by atoms with Crippen LogP contribution in [0.25, 0.3) is 6.08 Å². The maximum atomic E-state index is 13.1. The summed E-state index contributed by atoms with van der Waals surface area (Å²) in [6.07, 6.45) is 2.75. The molecule has 2 amide bonds. The van der Waals surface area contributed by atoms with E-state index in [0.29, 0.717) is 22.4 Å². The van der Waals surface area contributed by atoms with Crippen LogP contribution in [0.3, 0.4) is 0 Å². The second-order valence-corrected chi connectivity index (χ2v) is 8.57. The summed E-state index contributed by atoms with van der Waals surface area (Å²) in [6.45, 7) is 4.85. The van der Waals surface area contributed by atoms with Crippen molar-refractivity contribution in [2.75, 3.05) is 18.0 Å². The lowest BCUT2D eigenvalue weighted by molar-refractivity contribution is -0.122. The molecule has 2 aromatic rings. The molecule has 1 N–H and O–H groups in total.